The predicted octanol–water partition coefficient (Wildman–Crippen LogP) is 14.0. The fraction of sp³-hybridized carbons (Fsp3) is 0.0909. The lowest BCUT2D eigenvalue weighted by Crippen LogP contribution is -2.06. The molecule has 0 saturated carbocycles. The minimum absolute atomic E-state index is 0.0510. The average Bonchev–Trinajstić information content (AvgIpc) is 3.21. The van der Waals surface area contributed by atoms with Crippen LogP contribution in [-0.2, 0) is 24.7 Å². The number of hydrogen-bond acceptors (Lipinski definition) is 4. The van der Waals surface area contributed by atoms with E-state index in [0.29, 0.717) is 11.1 Å². The topological polar surface area (TPSA) is 51.6 Å². The van der Waals surface area contributed by atoms with Gasteiger partial charge in [0.15, 0.2) is 0 Å². The summed E-state index contributed by atoms with van der Waals surface area (Å²) in [4.78, 5) is 18.4. The van der Waals surface area contributed by atoms with E-state index in [0.717, 1.165) is 72.8 Å². The van der Waals surface area contributed by atoms with Gasteiger partial charge >= 0.3 is 24.7 Å². The van der Waals surface area contributed by atoms with Crippen molar-refractivity contribution in [3.05, 3.63) is 156 Å². The molecule has 0 aliphatic heterocycles. The molecule has 2 heterocycles. The third-order valence-electron chi connectivity index (χ3n) is 9.52. The monoisotopic (exact) mass is 834 g/mol. The van der Waals surface area contributed by atoms with Gasteiger partial charge in [0, 0.05) is 22.3 Å². The van der Waals surface area contributed by atoms with Crippen molar-refractivity contribution in [3.8, 4) is 56.2 Å². The highest BCUT2D eigenvalue weighted by Crippen LogP contribution is 2.41. The first-order valence-electron chi connectivity index (χ1n) is 17.6. The number of benzene rings is 6. The molecule has 302 valence electrons. The smallest absolute Gasteiger partial charge is 0.244 e. The zero-order valence-corrected chi connectivity index (χ0v) is 30.0. The SMILES string of the molecule is FC(F)(F)c1cccc(-c2nc3ccc(-c4ccc5nc(-c6cccc(C(F)(F)F)c6)c(-c6cccc(C(F)(F)F)c6)nc5c4)cc3nc2-c2cccc(C(F)(F)F)c2)c1. The molecule has 0 saturated heterocycles. The lowest BCUT2D eigenvalue weighted by molar-refractivity contribution is -0.138. The first kappa shape index (κ1) is 40.0. The maximum atomic E-state index is 13.8. The first-order valence-corrected chi connectivity index (χ1v) is 17.6. The Kier molecular flexibility index (Phi) is 9.63. The molecule has 0 bridgehead atoms. The highest BCUT2D eigenvalue weighted by atomic mass is 19.4. The largest absolute Gasteiger partial charge is 0.416 e. The summed E-state index contributed by atoms with van der Waals surface area (Å²) < 4.78 is 165. The van der Waals surface area contributed by atoms with E-state index in [9.17, 15) is 52.7 Å². The van der Waals surface area contributed by atoms with Gasteiger partial charge in [-0.05, 0) is 83.9 Å². The van der Waals surface area contributed by atoms with Gasteiger partial charge in [-0.1, -0.05) is 60.7 Å². The van der Waals surface area contributed by atoms with Gasteiger partial charge in [0.25, 0.3) is 0 Å². The van der Waals surface area contributed by atoms with Crippen molar-refractivity contribution in [2.45, 2.75) is 24.7 Å². The minimum atomic E-state index is -4.75. The van der Waals surface area contributed by atoms with Gasteiger partial charge in [-0.3, -0.25) is 0 Å². The molecule has 0 atom stereocenters. The van der Waals surface area contributed by atoms with Gasteiger partial charge in [0.05, 0.1) is 67.1 Å². The van der Waals surface area contributed by atoms with Crippen molar-refractivity contribution in [3.63, 3.8) is 0 Å². The van der Waals surface area contributed by atoms with Crippen LogP contribution in [0.25, 0.3) is 78.2 Å². The van der Waals surface area contributed by atoms with Crippen LogP contribution in [0.15, 0.2) is 133 Å². The lowest BCUT2D eigenvalue weighted by atomic mass is 9.99. The molecule has 0 N–H and O–H groups in total. The van der Waals surface area contributed by atoms with Gasteiger partial charge < -0.3 is 0 Å². The average molecular weight is 835 g/mol. The molecule has 6 aromatic carbocycles. The maximum Gasteiger partial charge on any atom is 0.416 e. The van der Waals surface area contributed by atoms with Crippen LogP contribution in [0.5, 0.6) is 0 Å². The van der Waals surface area contributed by atoms with Crippen LogP contribution in [0.1, 0.15) is 22.3 Å². The van der Waals surface area contributed by atoms with E-state index in [-0.39, 0.29) is 67.1 Å². The molecular formula is C44H22F12N4. The number of aromatic nitrogens is 4. The molecule has 0 fully saturated rings. The van der Waals surface area contributed by atoms with E-state index < -0.39 is 47.0 Å². The van der Waals surface area contributed by atoms with Crippen molar-refractivity contribution in [2.24, 2.45) is 0 Å². The Labute approximate surface area is 330 Å². The van der Waals surface area contributed by atoms with Crippen LogP contribution in [0.4, 0.5) is 52.7 Å². The third-order valence-corrected chi connectivity index (χ3v) is 9.52. The predicted molar refractivity (Wildman–Crippen MR) is 200 cm³/mol. The van der Waals surface area contributed by atoms with Crippen molar-refractivity contribution in [1.29, 1.82) is 0 Å². The Morgan fingerprint density at radius 2 is 0.500 bits per heavy atom. The summed E-state index contributed by atoms with van der Waals surface area (Å²) in [7, 11) is 0. The summed E-state index contributed by atoms with van der Waals surface area (Å²) in [6.07, 6.45) is -19.0. The molecule has 0 radical (unpaired) electrons. The Morgan fingerprint density at radius 1 is 0.250 bits per heavy atom. The molecule has 16 heteroatoms. The number of alkyl halides is 12. The molecule has 8 aromatic rings. The second-order valence-corrected chi connectivity index (χ2v) is 13.6. The number of fused-ring (bicyclic) bond motifs is 2. The van der Waals surface area contributed by atoms with Gasteiger partial charge in [0.2, 0.25) is 0 Å². The molecule has 0 spiro atoms. The molecule has 0 aliphatic rings. The number of hydrogen-bond donors (Lipinski definition) is 0. The zero-order chi connectivity index (χ0) is 42.8. The third kappa shape index (κ3) is 7.96. The van der Waals surface area contributed by atoms with E-state index >= 15 is 0 Å². The molecular weight excluding hydrogens is 812 g/mol. The molecule has 4 nitrogen and oxygen atoms in total. The summed E-state index contributed by atoms with van der Waals surface area (Å²) >= 11 is 0. The van der Waals surface area contributed by atoms with Gasteiger partial charge in [-0.2, -0.15) is 52.7 Å². The Bertz CT molecular complexity index is 2750. The fourth-order valence-corrected chi connectivity index (χ4v) is 6.64. The Hall–Kier alpha value is -6.84. The van der Waals surface area contributed by atoms with Crippen LogP contribution >= 0.6 is 0 Å². The summed E-state index contributed by atoms with van der Waals surface area (Å²) in [5, 5.41) is 0. The van der Waals surface area contributed by atoms with Crippen molar-refractivity contribution in [2.75, 3.05) is 0 Å². The van der Waals surface area contributed by atoms with Gasteiger partial charge in [-0.25, -0.2) is 19.9 Å². The second-order valence-electron chi connectivity index (χ2n) is 13.6. The highest BCUT2D eigenvalue weighted by molar-refractivity contribution is 5.92. The molecule has 0 amide bonds. The number of rotatable bonds is 5. The quantitative estimate of drug-likeness (QED) is 0.162. The Balaban J connectivity index is 1.29. The molecule has 0 unspecified atom stereocenters. The van der Waals surface area contributed by atoms with Crippen LogP contribution in [0, 0.1) is 0 Å². The highest BCUT2D eigenvalue weighted by Gasteiger charge is 2.34. The maximum absolute atomic E-state index is 13.8. The van der Waals surface area contributed by atoms with Crippen LogP contribution in [0.2, 0.25) is 0 Å². The molecule has 2 aromatic heterocycles. The zero-order valence-electron chi connectivity index (χ0n) is 30.0. The van der Waals surface area contributed by atoms with Crippen LogP contribution < -0.4 is 0 Å². The van der Waals surface area contributed by atoms with Crippen molar-refractivity contribution < 1.29 is 52.7 Å². The van der Waals surface area contributed by atoms with E-state index in [2.05, 4.69) is 19.9 Å². The first-order chi connectivity index (χ1) is 28.2. The lowest BCUT2D eigenvalue weighted by Gasteiger charge is -2.15. The summed E-state index contributed by atoms with van der Waals surface area (Å²) in [6.45, 7) is 0. The van der Waals surface area contributed by atoms with Crippen molar-refractivity contribution in [1.82, 2.24) is 19.9 Å². The summed E-state index contributed by atoms with van der Waals surface area (Å²) in [5.41, 5.74) is -3.26. The van der Waals surface area contributed by atoms with Crippen LogP contribution in [0.3, 0.4) is 0 Å². The standard InChI is InChI=1S/C44H22F12N4/c45-41(46,47)29-9-1-5-25(17-29)37-39(27-7-3-11-31(19-27)43(51,52)53)59-35-21-23(13-15-33(35)57-37)24-14-16-34-36(22-24)60-40(28-8-4-12-32(20-28)44(54,55)56)38(58-34)26-6-2-10-30(18-26)42(48,49)50/h1-22H. The van der Waals surface area contributed by atoms with Gasteiger partial charge in [0.1, 0.15) is 0 Å². The normalized spacial score (nSPS) is 12.7. The number of nitrogens with zero attached hydrogens (tertiary/aromatic N) is 4. The molecule has 60 heavy (non-hydrogen) atoms. The van der Waals surface area contributed by atoms with E-state index in [1.165, 1.54) is 48.5 Å². The Morgan fingerprint density at radius 3 is 0.750 bits per heavy atom. The molecule has 8 rings (SSSR count). The minimum Gasteiger partial charge on any atom is -0.244 e. The van der Waals surface area contributed by atoms with Crippen molar-refractivity contribution >= 4 is 22.1 Å². The molecule has 0 aliphatic carbocycles. The van der Waals surface area contributed by atoms with Gasteiger partial charge in [-0.15, -0.1) is 0 Å². The number of halogens is 12. The van der Waals surface area contributed by atoms with E-state index in [4.69, 9.17) is 0 Å². The van der Waals surface area contributed by atoms with Crippen LogP contribution in [-0.4, -0.2) is 19.9 Å². The summed E-state index contributed by atoms with van der Waals surface area (Å²) in [6, 6.07) is 25.8. The second kappa shape index (κ2) is 14.5. The summed E-state index contributed by atoms with van der Waals surface area (Å²) in [5.74, 6) is 0. The fourth-order valence-electron chi connectivity index (χ4n) is 6.64. The van der Waals surface area contributed by atoms with E-state index in [1.54, 1.807) is 12.1 Å². The van der Waals surface area contributed by atoms with E-state index in [1.807, 2.05) is 0 Å².